The Hall–Kier alpha value is -0.690. The number of hydrogen-bond acceptors (Lipinski definition) is 5. The molecule has 0 aromatic carbocycles. The van der Waals surface area contributed by atoms with Crippen molar-refractivity contribution in [2.45, 2.75) is 31.9 Å². The fraction of sp³-hybridized carbons (Fsp3) is 0.929. The van der Waals surface area contributed by atoms with Crippen LogP contribution in [-0.2, 0) is 19.0 Å². The molecule has 20 heavy (non-hydrogen) atoms. The summed E-state index contributed by atoms with van der Waals surface area (Å²) in [7, 11) is 1.63. The molecule has 3 atom stereocenters. The van der Waals surface area contributed by atoms with Crippen LogP contribution in [0.5, 0.6) is 0 Å². The molecule has 1 saturated heterocycles. The van der Waals surface area contributed by atoms with Crippen LogP contribution in [0.1, 0.15) is 20.3 Å². The van der Waals surface area contributed by atoms with Gasteiger partial charge in [0.05, 0.1) is 25.9 Å². The first-order valence-electron chi connectivity index (χ1n) is 7.21. The van der Waals surface area contributed by atoms with Gasteiger partial charge in [0.15, 0.2) is 0 Å². The zero-order valence-electron chi connectivity index (χ0n) is 12.6. The van der Waals surface area contributed by atoms with Gasteiger partial charge in [-0.1, -0.05) is 13.8 Å². The Morgan fingerprint density at radius 2 is 2.15 bits per heavy atom. The minimum Gasteiger partial charge on any atom is -0.382 e. The second-order valence-corrected chi connectivity index (χ2v) is 6.14. The lowest BCUT2D eigenvalue weighted by atomic mass is 9.48. The van der Waals surface area contributed by atoms with Crippen molar-refractivity contribution in [3.8, 4) is 0 Å². The van der Waals surface area contributed by atoms with Crippen molar-refractivity contribution in [1.82, 2.24) is 5.32 Å². The fourth-order valence-electron chi connectivity index (χ4n) is 3.47. The molecule has 1 aliphatic carbocycles. The van der Waals surface area contributed by atoms with Crippen LogP contribution in [-0.4, -0.2) is 57.6 Å². The van der Waals surface area contributed by atoms with Crippen molar-refractivity contribution in [2.24, 2.45) is 17.1 Å². The molecule has 2 aliphatic rings. The molecular formula is C14H26N2O4. The van der Waals surface area contributed by atoms with Crippen LogP contribution in [0.4, 0.5) is 0 Å². The van der Waals surface area contributed by atoms with E-state index >= 15 is 0 Å². The highest BCUT2D eigenvalue weighted by Gasteiger charge is 2.71. The summed E-state index contributed by atoms with van der Waals surface area (Å²) in [6, 6.07) is 0. The molecule has 0 aromatic rings. The van der Waals surface area contributed by atoms with Crippen LogP contribution >= 0.6 is 0 Å². The van der Waals surface area contributed by atoms with Crippen LogP contribution in [0.25, 0.3) is 0 Å². The summed E-state index contributed by atoms with van der Waals surface area (Å²) < 4.78 is 15.9. The molecule has 1 aliphatic heterocycles. The molecule has 1 heterocycles. The molecular weight excluding hydrogens is 260 g/mol. The first kappa shape index (κ1) is 15.7. The summed E-state index contributed by atoms with van der Waals surface area (Å²) in [4.78, 5) is 12.4. The van der Waals surface area contributed by atoms with Crippen molar-refractivity contribution in [2.75, 3.05) is 40.1 Å². The lowest BCUT2D eigenvalue weighted by Crippen LogP contribution is -2.80. The molecule has 0 aromatic heterocycles. The van der Waals surface area contributed by atoms with Crippen LogP contribution in [0.3, 0.4) is 0 Å². The van der Waals surface area contributed by atoms with E-state index in [1.807, 2.05) is 13.8 Å². The Bertz CT molecular complexity index is 361. The molecule has 6 nitrogen and oxygen atoms in total. The number of amides is 1. The quantitative estimate of drug-likeness (QED) is 0.639. The zero-order chi connectivity index (χ0) is 14.8. The van der Waals surface area contributed by atoms with Gasteiger partial charge in [-0.3, -0.25) is 4.79 Å². The van der Waals surface area contributed by atoms with E-state index in [2.05, 4.69) is 5.32 Å². The maximum atomic E-state index is 12.4. The van der Waals surface area contributed by atoms with Gasteiger partial charge >= 0.3 is 0 Å². The van der Waals surface area contributed by atoms with Crippen molar-refractivity contribution in [3.63, 3.8) is 0 Å². The Labute approximate surface area is 120 Å². The lowest BCUT2D eigenvalue weighted by Gasteiger charge is -2.60. The maximum Gasteiger partial charge on any atom is 0.241 e. The van der Waals surface area contributed by atoms with E-state index < -0.39 is 5.54 Å². The number of methoxy groups -OCH3 is 1. The van der Waals surface area contributed by atoms with E-state index in [1.165, 1.54) is 0 Å². The minimum atomic E-state index is -0.833. The Morgan fingerprint density at radius 3 is 2.85 bits per heavy atom. The van der Waals surface area contributed by atoms with E-state index in [0.717, 1.165) is 6.42 Å². The van der Waals surface area contributed by atoms with Crippen molar-refractivity contribution in [1.29, 1.82) is 0 Å². The highest BCUT2D eigenvalue weighted by molar-refractivity contribution is 5.89. The maximum absolute atomic E-state index is 12.4. The molecule has 1 amide bonds. The molecule has 6 heteroatoms. The number of nitrogens with two attached hydrogens (primary N) is 1. The molecule has 2 fully saturated rings. The number of fused-ring (bicyclic) bond motifs is 1. The standard InChI is InChI=1S/C14H26N2O4/c1-13(2)11-10(4-6-20-11)14(13,15)12(17)16-5-7-19-9-8-18-3/h10-11H,4-9,15H2,1-3H3,(H,16,17). The Kier molecular flexibility index (Phi) is 4.69. The fourth-order valence-corrected chi connectivity index (χ4v) is 3.47. The average molecular weight is 286 g/mol. The largest absolute Gasteiger partial charge is 0.382 e. The predicted molar refractivity (Wildman–Crippen MR) is 74.3 cm³/mol. The van der Waals surface area contributed by atoms with Gasteiger partial charge in [-0.05, 0) is 6.42 Å². The van der Waals surface area contributed by atoms with Crippen molar-refractivity contribution < 1.29 is 19.0 Å². The Balaban J connectivity index is 1.80. The van der Waals surface area contributed by atoms with Gasteiger partial charge in [0.1, 0.15) is 5.54 Å². The second kappa shape index (κ2) is 5.97. The van der Waals surface area contributed by atoms with Crippen molar-refractivity contribution in [3.05, 3.63) is 0 Å². The van der Waals surface area contributed by atoms with Gasteiger partial charge in [0.2, 0.25) is 5.91 Å². The van der Waals surface area contributed by atoms with E-state index in [-0.39, 0.29) is 23.3 Å². The van der Waals surface area contributed by atoms with Gasteiger partial charge in [0, 0.05) is 31.6 Å². The predicted octanol–water partition coefficient (Wildman–Crippen LogP) is -0.0920. The summed E-state index contributed by atoms with van der Waals surface area (Å²) >= 11 is 0. The molecule has 3 unspecified atom stereocenters. The molecule has 3 N–H and O–H groups in total. The summed E-state index contributed by atoms with van der Waals surface area (Å²) in [6.07, 6.45) is 0.971. The summed E-state index contributed by atoms with van der Waals surface area (Å²) in [5.74, 6) is 0.0384. The highest BCUT2D eigenvalue weighted by Crippen LogP contribution is 2.58. The van der Waals surface area contributed by atoms with E-state index in [1.54, 1.807) is 7.11 Å². The van der Waals surface area contributed by atoms with Crippen molar-refractivity contribution >= 4 is 5.91 Å². The first-order chi connectivity index (χ1) is 9.46. The number of rotatable bonds is 7. The SMILES string of the molecule is COCCOCCNC(=O)C1(N)C2CCOC2C1(C)C. The molecule has 0 radical (unpaired) electrons. The number of carbonyl (C=O) groups is 1. The number of hydrogen-bond donors (Lipinski definition) is 2. The average Bonchev–Trinajstić information content (AvgIpc) is 2.89. The van der Waals surface area contributed by atoms with Gasteiger partial charge in [-0.25, -0.2) is 0 Å². The third-order valence-corrected chi connectivity index (χ3v) is 4.79. The molecule has 2 rings (SSSR count). The molecule has 116 valence electrons. The van der Waals surface area contributed by atoms with Gasteiger partial charge in [-0.15, -0.1) is 0 Å². The third kappa shape index (κ3) is 2.35. The van der Waals surface area contributed by atoms with Crippen LogP contribution < -0.4 is 11.1 Å². The lowest BCUT2D eigenvalue weighted by molar-refractivity contribution is -0.175. The monoisotopic (exact) mass is 286 g/mol. The first-order valence-corrected chi connectivity index (χ1v) is 7.21. The van der Waals surface area contributed by atoms with Crippen LogP contribution in [0.15, 0.2) is 0 Å². The normalized spacial score (nSPS) is 34.4. The number of ether oxygens (including phenoxy) is 3. The molecule has 0 spiro atoms. The molecule has 0 bridgehead atoms. The van der Waals surface area contributed by atoms with E-state index in [4.69, 9.17) is 19.9 Å². The van der Waals surface area contributed by atoms with Crippen LogP contribution in [0.2, 0.25) is 0 Å². The topological polar surface area (TPSA) is 82.8 Å². The third-order valence-electron chi connectivity index (χ3n) is 4.79. The smallest absolute Gasteiger partial charge is 0.241 e. The highest BCUT2D eigenvalue weighted by atomic mass is 16.5. The summed E-state index contributed by atoms with van der Waals surface area (Å²) in [5.41, 5.74) is 5.26. The summed E-state index contributed by atoms with van der Waals surface area (Å²) in [6.45, 7) is 6.74. The van der Waals surface area contributed by atoms with Crippen LogP contribution in [0, 0.1) is 11.3 Å². The summed E-state index contributed by atoms with van der Waals surface area (Å²) in [5, 5.41) is 2.88. The number of nitrogens with one attached hydrogen (secondary N) is 1. The van der Waals surface area contributed by atoms with Gasteiger partial charge < -0.3 is 25.3 Å². The zero-order valence-corrected chi connectivity index (χ0v) is 12.6. The molecule has 1 saturated carbocycles. The van der Waals surface area contributed by atoms with E-state index in [0.29, 0.717) is 33.0 Å². The van der Waals surface area contributed by atoms with Gasteiger partial charge in [0.25, 0.3) is 0 Å². The minimum absolute atomic E-state index is 0.0930. The second-order valence-electron chi connectivity index (χ2n) is 6.14. The Morgan fingerprint density at radius 1 is 1.40 bits per heavy atom. The van der Waals surface area contributed by atoms with Gasteiger partial charge in [-0.2, -0.15) is 0 Å². The number of carbonyl (C=O) groups excluding carboxylic acids is 1. The van der Waals surface area contributed by atoms with E-state index in [9.17, 15) is 4.79 Å².